The van der Waals surface area contributed by atoms with Crippen molar-refractivity contribution in [1.82, 2.24) is 0 Å². The molecule has 0 unspecified atom stereocenters. The smallest absolute Gasteiger partial charge is 0.243 e. The summed E-state index contributed by atoms with van der Waals surface area (Å²) in [4.78, 5) is 14.4. The number of nitrogens with zero attached hydrogens (tertiary/aromatic N) is 1. The fourth-order valence-corrected chi connectivity index (χ4v) is 2.94. The minimum Gasteiger partial charge on any atom is -0.497 e. The van der Waals surface area contributed by atoms with Crippen LogP contribution in [0.15, 0.2) is 42.5 Å². The van der Waals surface area contributed by atoms with Crippen LogP contribution in [0, 0.1) is 0 Å². The van der Waals surface area contributed by atoms with E-state index in [0.29, 0.717) is 6.54 Å². The van der Waals surface area contributed by atoms with Crippen molar-refractivity contribution in [1.29, 1.82) is 0 Å². The first-order valence-electron chi connectivity index (χ1n) is 7.73. The molecule has 0 aliphatic carbocycles. The summed E-state index contributed by atoms with van der Waals surface area (Å²) in [5.74, 6) is 0.730. The van der Waals surface area contributed by atoms with Crippen LogP contribution in [0.1, 0.15) is 12.0 Å². The molecule has 3 N–H and O–H groups in total. The predicted octanol–water partition coefficient (Wildman–Crippen LogP) is 3.09. The maximum atomic E-state index is 12.3. The Balaban J connectivity index is 0.00000208. The molecule has 1 aliphatic heterocycles. The van der Waals surface area contributed by atoms with Gasteiger partial charge in [0.25, 0.3) is 0 Å². The third-order valence-electron chi connectivity index (χ3n) is 4.09. The quantitative estimate of drug-likeness (QED) is 0.834. The molecule has 0 fully saturated rings. The maximum absolute atomic E-state index is 12.3. The molecule has 128 valence electrons. The van der Waals surface area contributed by atoms with E-state index in [1.165, 1.54) is 0 Å². The average Bonchev–Trinajstić information content (AvgIpc) is 2.56. The Morgan fingerprint density at radius 3 is 2.71 bits per heavy atom. The molecule has 5 nitrogen and oxygen atoms in total. The van der Waals surface area contributed by atoms with Crippen LogP contribution in [0.4, 0.5) is 17.1 Å². The van der Waals surface area contributed by atoms with E-state index >= 15 is 0 Å². The number of methoxy groups -OCH3 is 1. The Morgan fingerprint density at radius 2 is 2.00 bits per heavy atom. The molecule has 1 amide bonds. The number of anilines is 3. The number of carbonyl (C=O) groups is 1. The maximum Gasteiger partial charge on any atom is 0.243 e. The topological polar surface area (TPSA) is 67.6 Å². The number of halogens is 1. The van der Waals surface area contributed by atoms with Crippen molar-refractivity contribution < 1.29 is 9.53 Å². The second-order valence-electron chi connectivity index (χ2n) is 5.65. The van der Waals surface area contributed by atoms with Crippen molar-refractivity contribution in [2.45, 2.75) is 12.8 Å². The van der Waals surface area contributed by atoms with Gasteiger partial charge in [-0.25, -0.2) is 0 Å². The highest BCUT2D eigenvalue weighted by Gasteiger charge is 2.20. The van der Waals surface area contributed by atoms with Crippen molar-refractivity contribution >= 4 is 35.4 Å². The highest BCUT2D eigenvalue weighted by molar-refractivity contribution is 5.94. The van der Waals surface area contributed by atoms with Crippen LogP contribution in [0.5, 0.6) is 5.75 Å². The summed E-state index contributed by atoms with van der Waals surface area (Å²) in [6.07, 6.45) is 1.98. The summed E-state index contributed by atoms with van der Waals surface area (Å²) in [5.41, 5.74) is 9.84. The Bertz CT molecular complexity index is 704. The SMILES string of the molecule is COc1ccc(NC(=O)CN2CCCc3c(N)cccc32)cc1.Cl. The summed E-state index contributed by atoms with van der Waals surface area (Å²) in [6.45, 7) is 1.19. The molecule has 3 rings (SSSR count). The van der Waals surface area contributed by atoms with E-state index in [-0.39, 0.29) is 18.3 Å². The molecular formula is C18H22ClN3O2. The lowest BCUT2D eigenvalue weighted by Crippen LogP contribution is -2.37. The van der Waals surface area contributed by atoms with Crippen LogP contribution >= 0.6 is 12.4 Å². The van der Waals surface area contributed by atoms with Crippen LogP contribution < -0.4 is 20.7 Å². The lowest BCUT2D eigenvalue weighted by Gasteiger charge is -2.31. The zero-order valence-electron chi connectivity index (χ0n) is 13.6. The van der Waals surface area contributed by atoms with Gasteiger partial charge in [-0.05, 0) is 54.8 Å². The standard InChI is InChI=1S/C18H21N3O2.ClH/c1-23-14-9-7-13(8-10-14)20-18(22)12-21-11-3-4-15-16(19)5-2-6-17(15)21;/h2,5-10H,3-4,11-12,19H2,1H3,(H,20,22);1H. The zero-order chi connectivity index (χ0) is 16.2. The van der Waals surface area contributed by atoms with Crippen LogP contribution in [0.25, 0.3) is 0 Å². The minimum atomic E-state index is -0.0366. The lowest BCUT2D eigenvalue weighted by molar-refractivity contribution is -0.115. The molecule has 0 aromatic heterocycles. The van der Waals surface area contributed by atoms with Crippen LogP contribution in [0.3, 0.4) is 0 Å². The summed E-state index contributed by atoms with van der Waals surface area (Å²) in [6, 6.07) is 13.2. The fraction of sp³-hybridized carbons (Fsp3) is 0.278. The highest BCUT2D eigenvalue weighted by atomic mass is 35.5. The van der Waals surface area contributed by atoms with Crippen molar-refractivity contribution in [3.8, 4) is 5.75 Å². The molecule has 2 aromatic rings. The minimum absolute atomic E-state index is 0. The number of nitrogens with two attached hydrogens (primary N) is 1. The molecule has 1 aliphatic rings. The van der Waals surface area contributed by atoms with E-state index in [4.69, 9.17) is 10.5 Å². The van der Waals surface area contributed by atoms with Crippen LogP contribution in [0.2, 0.25) is 0 Å². The van der Waals surface area contributed by atoms with Crippen molar-refractivity contribution in [2.24, 2.45) is 0 Å². The van der Waals surface area contributed by atoms with E-state index in [9.17, 15) is 4.79 Å². The predicted molar refractivity (Wildman–Crippen MR) is 100 cm³/mol. The first-order valence-corrected chi connectivity index (χ1v) is 7.73. The highest BCUT2D eigenvalue weighted by Crippen LogP contribution is 2.31. The summed E-state index contributed by atoms with van der Waals surface area (Å²) >= 11 is 0. The van der Waals surface area contributed by atoms with Gasteiger partial charge in [-0.2, -0.15) is 0 Å². The summed E-state index contributed by atoms with van der Waals surface area (Å²) < 4.78 is 5.11. The van der Waals surface area contributed by atoms with Gasteiger partial charge in [0.2, 0.25) is 5.91 Å². The number of fused-ring (bicyclic) bond motifs is 1. The Labute approximate surface area is 148 Å². The molecule has 0 spiro atoms. The van der Waals surface area contributed by atoms with Gasteiger partial charge in [-0.15, -0.1) is 12.4 Å². The number of ether oxygens (including phenoxy) is 1. The van der Waals surface area contributed by atoms with E-state index < -0.39 is 0 Å². The third-order valence-corrected chi connectivity index (χ3v) is 4.09. The third kappa shape index (κ3) is 3.92. The van der Waals surface area contributed by atoms with Crippen molar-refractivity contribution in [2.75, 3.05) is 36.1 Å². The van der Waals surface area contributed by atoms with E-state index in [0.717, 1.165) is 47.8 Å². The van der Waals surface area contributed by atoms with Gasteiger partial charge >= 0.3 is 0 Å². The Kier molecular flexibility index (Phi) is 5.93. The number of nitrogen functional groups attached to an aromatic ring is 1. The fourth-order valence-electron chi connectivity index (χ4n) is 2.94. The second-order valence-corrected chi connectivity index (χ2v) is 5.65. The van der Waals surface area contributed by atoms with E-state index in [1.54, 1.807) is 7.11 Å². The average molecular weight is 348 g/mol. The van der Waals surface area contributed by atoms with Gasteiger partial charge < -0.3 is 20.7 Å². The molecule has 0 saturated heterocycles. The Hall–Kier alpha value is -2.40. The molecule has 0 radical (unpaired) electrons. The molecule has 0 atom stereocenters. The zero-order valence-corrected chi connectivity index (χ0v) is 14.4. The molecular weight excluding hydrogens is 326 g/mol. The molecule has 6 heteroatoms. The van der Waals surface area contributed by atoms with E-state index in [1.807, 2.05) is 42.5 Å². The van der Waals surface area contributed by atoms with Gasteiger partial charge in [-0.1, -0.05) is 6.07 Å². The Morgan fingerprint density at radius 1 is 1.25 bits per heavy atom. The summed E-state index contributed by atoms with van der Waals surface area (Å²) in [7, 11) is 1.62. The largest absolute Gasteiger partial charge is 0.497 e. The van der Waals surface area contributed by atoms with Gasteiger partial charge in [0.15, 0.2) is 0 Å². The molecule has 0 saturated carbocycles. The van der Waals surface area contributed by atoms with Gasteiger partial charge in [0.1, 0.15) is 5.75 Å². The van der Waals surface area contributed by atoms with Crippen LogP contribution in [-0.4, -0.2) is 26.1 Å². The molecule has 1 heterocycles. The number of amides is 1. The number of rotatable bonds is 4. The number of hydrogen-bond donors (Lipinski definition) is 2. The number of benzene rings is 2. The molecule has 0 bridgehead atoms. The number of nitrogens with one attached hydrogen (secondary N) is 1. The molecule has 24 heavy (non-hydrogen) atoms. The first kappa shape index (κ1) is 17.9. The second kappa shape index (κ2) is 7.93. The summed E-state index contributed by atoms with van der Waals surface area (Å²) in [5, 5.41) is 2.92. The van der Waals surface area contributed by atoms with Gasteiger partial charge in [0, 0.05) is 23.6 Å². The van der Waals surface area contributed by atoms with Crippen LogP contribution in [-0.2, 0) is 11.2 Å². The van der Waals surface area contributed by atoms with Crippen molar-refractivity contribution in [3.63, 3.8) is 0 Å². The first-order chi connectivity index (χ1) is 11.2. The number of hydrogen-bond acceptors (Lipinski definition) is 4. The normalized spacial score (nSPS) is 12.8. The molecule has 2 aromatic carbocycles. The lowest BCUT2D eigenvalue weighted by atomic mass is 10.00. The monoisotopic (exact) mass is 347 g/mol. The number of carbonyl (C=O) groups excluding carboxylic acids is 1. The van der Waals surface area contributed by atoms with Gasteiger partial charge in [0.05, 0.1) is 13.7 Å². The van der Waals surface area contributed by atoms with Crippen molar-refractivity contribution in [3.05, 3.63) is 48.0 Å². The van der Waals surface area contributed by atoms with Gasteiger partial charge in [-0.3, -0.25) is 4.79 Å². The van der Waals surface area contributed by atoms with E-state index in [2.05, 4.69) is 10.2 Å².